The summed E-state index contributed by atoms with van der Waals surface area (Å²) in [6, 6.07) is 32.0. The van der Waals surface area contributed by atoms with Crippen molar-refractivity contribution in [2.75, 3.05) is 6.61 Å². The third kappa shape index (κ3) is 7.39. The summed E-state index contributed by atoms with van der Waals surface area (Å²) in [6.45, 7) is 14.8. The molecule has 0 aliphatic carbocycles. The summed E-state index contributed by atoms with van der Waals surface area (Å²) in [5.74, 6) is 0.289. The van der Waals surface area contributed by atoms with Gasteiger partial charge < -0.3 is 9.16 Å². The predicted octanol–water partition coefficient (Wildman–Crippen LogP) is 7.31. The van der Waals surface area contributed by atoms with E-state index < -0.39 is 8.32 Å². The summed E-state index contributed by atoms with van der Waals surface area (Å²) in [5, 5.41) is 2.63. The van der Waals surface area contributed by atoms with Crippen LogP contribution in [0, 0.1) is 5.92 Å². The van der Waals surface area contributed by atoms with E-state index in [0.717, 1.165) is 0 Å². The van der Waals surface area contributed by atoms with Crippen molar-refractivity contribution in [2.45, 2.75) is 59.3 Å². The second kappa shape index (κ2) is 13.0. The molecule has 3 rings (SSSR count). The molecule has 0 aliphatic rings. The van der Waals surface area contributed by atoms with E-state index in [0.29, 0.717) is 13.2 Å². The molecular weight excluding hydrogens is 456 g/mol. The Morgan fingerprint density at radius 3 is 1.81 bits per heavy atom. The van der Waals surface area contributed by atoms with Gasteiger partial charge in [-0.1, -0.05) is 142 Å². The zero-order chi connectivity index (χ0) is 26.0. The molecule has 0 amide bonds. The van der Waals surface area contributed by atoms with E-state index in [4.69, 9.17) is 9.16 Å². The summed E-state index contributed by atoms with van der Waals surface area (Å²) >= 11 is 0. The highest BCUT2D eigenvalue weighted by Gasteiger charge is 2.50. The summed E-state index contributed by atoms with van der Waals surface area (Å²) in [7, 11) is -2.51. The zero-order valence-corrected chi connectivity index (χ0v) is 23.8. The van der Waals surface area contributed by atoms with Crippen LogP contribution in [0.4, 0.5) is 0 Å². The quantitative estimate of drug-likeness (QED) is 0.204. The fourth-order valence-electron chi connectivity index (χ4n) is 4.72. The molecule has 0 saturated heterocycles. The molecule has 0 heterocycles. The molecule has 3 aromatic carbocycles. The van der Waals surface area contributed by atoms with Gasteiger partial charge in [-0.2, -0.15) is 0 Å². The Bertz CT molecular complexity index is 1060. The van der Waals surface area contributed by atoms with Gasteiger partial charge in [0.1, 0.15) is 0 Å². The summed E-state index contributed by atoms with van der Waals surface area (Å²) in [4.78, 5) is 0. The first kappa shape index (κ1) is 27.9. The van der Waals surface area contributed by atoms with Gasteiger partial charge in [-0.15, -0.1) is 0 Å². The molecule has 190 valence electrons. The Morgan fingerprint density at radius 2 is 1.31 bits per heavy atom. The normalized spacial score (nSPS) is 14.7. The maximum absolute atomic E-state index is 7.09. The average Bonchev–Trinajstić information content (AvgIpc) is 2.87. The molecule has 0 fully saturated rings. The molecule has 0 N–H and O–H groups in total. The SMILES string of the molecule is CC(/C=C/[C@H](C)OCc1ccccc1)=C\[C@@H](C)CO[Si](c1ccccc1)(c1ccccc1)C(C)(C)C. The number of hydrogen-bond donors (Lipinski definition) is 0. The second-order valence-electron chi connectivity index (χ2n) is 10.7. The van der Waals surface area contributed by atoms with Crippen LogP contribution in [0.1, 0.15) is 47.1 Å². The van der Waals surface area contributed by atoms with Gasteiger partial charge in [0.25, 0.3) is 8.32 Å². The van der Waals surface area contributed by atoms with E-state index in [1.54, 1.807) is 0 Å². The van der Waals surface area contributed by atoms with Crippen molar-refractivity contribution in [1.82, 2.24) is 0 Å². The van der Waals surface area contributed by atoms with E-state index in [9.17, 15) is 0 Å². The molecule has 0 saturated carbocycles. The fraction of sp³-hybridized carbons (Fsp3) is 0.333. The second-order valence-corrected chi connectivity index (χ2v) is 15.0. The molecule has 0 spiro atoms. The van der Waals surface area contributed by atoms with Gasteiger partial charge in [-0.05, 0) is 40.7 Å². The van der Waals surface area contributed by atoms with Crippen LogP contribution in [0.5, 0.6) is 0 Å². The van der Waals surface area contributed by atoms with E-state index in [1.165, 1.54) is 21.5 Å². The highest BCUT2D eigenvalue weighted by Crippen LogP contribution is 2.37. The van der Waals surface area contributed by atoms with Crippen LogP contribution in [-0.4, -0.2) is 21.0 Å². The molecule has 0 aromatic heterocycles. The lowest BCUT2D eigenvalue weighted by molar-refractivity contribution is 0.0840. The van der Waals surface area contributed by atoms with E-state index in [-0.39, 0.29) is 17.1 Å². The van der Waals surface area contributed by atoms with Crippen LogP contribution in [0.15, 0.2) is 115 Å². The predicted molar refractivity (Wildman–Crippen MR) is 156 cm³/mol. The molecule has 0 unspecified atom stereocenters. The molecule has 0 aliphatic heterocycles. The largest absolute Gasteiger partial charge is 0.407 e. The monoisotopic (exact) mass is 498 g/mol. The molecular formula is C33H42O2Si. The standard InChI is InChI=1S/C33H42O2Si/c1-27(22-23-29(3)34-26-30-16-10-7-11-17-30)24-28(2)25-35-36(33(4,5)6,31-18-12-8-13-19-31)32-20-14-9-15-21-32/h7-24,28-29H,25-26H2,1-6H3/b23-22+,27-24+/t28-,29+/m1/s1. The fourth-order valence-corrected chi connectivity index (χ4v) is 9.38. The first-order chi connectivity index (χ1) is 17.2. The highest BCUT2D eigenvalue weighted by molar-refractivity contribution is 6.99. The van der Waals surface area contributed by atoms with Crippen molar-refractivity contribution in [1.29, 1.82) is 0 Å². The van der Waals surface area contributed by atoms with Gasteiger partial charge in [0.15, 0.2) is 0 Å². The summed E-state index contributed by atoms with van der Waals surface area (Å²) in [6.07, 6.45) is 6.65. The highest BCUT2D eigenvalue weighted by atomic mass is 28.4. The molecule has 2 nitrogen and oxygen atoms in total. The lowest BCUT2D eigenvalue weighted by Gasteiger charge is -2.43. The molecule has 0 radical (unpaired) electrons. The topological polar surface area (TPSA) is 18.5 Å². The van der Waals surface area contributed by atoms with Crippen LogP contribution < -0.4 is 10.4 Å². The average molecular weight is 499 g/mol. The number of rotatable bonds is 11. The minimum absolute atomic E-state index is 0.0143. The van der Waals surface area contributed by atoms with Crippen LogP contribution in [0.2, 0.25) is 5.04 Å². The van der Waals surface area contributed by atoms with Crippen molar-refractivity contribution in [2.24, 2.45) is 5.92 Å². The minimum atomic E-state index is -2.51. The van der Waals surface area contributed by atoms with Crippen LogP contribution in [-0.2, 0) is 15.8 Å². The van der Waals surface area contributed by atoms with Gasteiger partial charge in [-0.3, -0.25) is 0 Å². The lowest BCUT2D eigenvalue weighted by Crippen LogP contribution is -2.66. The van der Waals surface area contributed by atoms with Crippen LogP contribution in [0.25, 0.3) is 0 Å². The Balaban J connectivity index is 1.71. The van der Waals surface area contributed by atoms with E-state index in [2.05, 4.69) is 133 Å². The third-order valence-corrected chi connectivity index (χ3v) is 11.5. The number of allylic oxidation sites excluding steroid dienone is 2. The van der Waals surface area contributed by atoms with Crippen LogP contribution >= 0.6 is 0 Å². The first-order valence-electron chi connectivity index (χ1n) is 13.0. The van der Waals surface area contributed by atoms with Gasteiger partial charge in [0.05, 0.1) is 12.7 Å². The Morgan fingerprint density at radius 1 is 0.806 bits per heavy atom. The van der Waals surface area contributed by atoms with Crippen molar-refractivity contribution in [3.05, 3.63) is 120 Å². The zero-order valence-electron chi connectivity index (χ0n) is 22.8. The van der Waals surface area contributed by atoms with Gasteiger partial charge in [-0.25, -0.2) is 0 Å². The number of hydrogen-bond acceptors (Lipinski definition) is 2. The van der Waals surface area contributed by atoms with Crippen molar-refractivity contribution in [3.63, 3.8) is 0 Å². The minimum Gasteiger partial charge on any atom is -0.407 e. The molecule has 3 heteroatoms. The molecule has 0 bridgehead atoms. The van der Waals surface area contributed by atoms with Gasteiger partial charge in [0, 0.05) is 6.61 Å². The summed E-state index contributed by atoms with van der Waals surface area (Å²) in [5.41, 5.74) is 2.42. The Kier molecular flexibility index (Phi) is 10.1. The smallest absolute Gasteiger partial charge is 0.261 e. The Hall–Kier alpha value is -2.72. The van der Waals surface area contributed by atoms with E-state index in [1.807, 2.05) is 18.2 Å². The molecule has 3 aromatic rings. The maximum atomic E-state index is 7.09. The lowest BCUT2D eigenvalue weighted by atomic mass is 10.1. The number of ether oxygens (including phenoxy) is 1. The van der Waals surface area contributed by atoms with E-state index >= 15 is 0 Å². The van der Waals surface area contributed by atoms with Gasteiger partial charge >= 0.3 is 0 Å². The molecule has 2 atom stereocenters. The van der Waals surface area contributed by atoms with Gasteiger partial charge in [0.2, 0.25) is 0 Å². The van der Waals surface area contributed by atoms with Crippen LogP contribution in [0.3, 0.4) is 0 Å². The molecule has 36 heavy (non-hydrogen) atoms. The number of benzene rings is 3. The van der Waals surface area contributed by atoms with Crippen molar-refractivity contribution in [3.8, 4) is 0 Å². The third-order valence-electron chi connectivity index (χ3n) is 6.51. The Labute approximate surface area is 219 Å². The maximum Gasteiger partial charge on any atom is 0.261 e. The van der Waals surface area contributed by atoms with Crippen molar-refractivity contribution >= 4 is 18.7 Å². The van der Waals surface area contributed by atoms with Crippen molar-refractivity contribution < 1.29 is 9.16 Å². The summed E-state index contributed by atoms with van der Waals surface area (Å²) < 4.78 is 13.1. The first-order valence-corrected chi connectivity index (χ1v) is 14.9.